The molecule has 2 aromatic carbocycles. The van der Waals surface area contributed by atoms with Crippen LogP contribution in [0.4, 0.5) is 4.39 Å². The topological polar surface area (TPSA) is 76.2 Å². The van der Waals surface area contributed by atoms with Gasteiger partial charge in [0.1, 0.15) is 23.9 Å². The van der Waals surface area contributed by atoms with Gasteiger partial charge < -0.3 is 14.4 Å². The third-order valence-corrected chi connectivity index (χ3v) is 8.80. The highest BCUT2D eigenvalue weighted by Crippen LogP contribution is 2.34. The van der Waals surface area contributed by atoms with Gasteiger partial charge in [0.15, 0.2) is 0 Å². The van der Waals surface area contributed by atoms with Crippen LogP contribution in [0.25, 0.3) is 0 Å². The maximum absolute atomic E-state index is 13.5. The Morgan fingerprint density at radius 2 is 1.86 bits per heavy atom. The zero-order chi connectivity index (χ0) is 25.7. The Morgan fingerprint density at radius 1 is 1.17 bits per heavy atom. The van der Waals surface area contributed by atoms with Crippen molar-refractivity contribution in [2.24, 2.45) is 0 Å². The number of amides is 1. The summed E-state index contributed by atoms with van der Waals surface area (Å²) >= 11 is 1.62. The molecule has 1 amide bonds. The van der Waals surface area contributed by atoms with E-state index in [0.717, 1.165) is 9.87 Å². The number of thiophene rings is 1. The van der Waals surface area contributed by atoms with Gasteiger partial charge in [-0.1, -0.05) is 6.08 Å². The molecule has 0 aliphatic carbocycles. The molecule has 0 bridgehead atoms. The number of fused-ring (bicyclic) bond motifs is 1. The van der Waals surface area contributed by atoms with Crippen LogP contribution in [0.15, 0.2) is 77.5 Å². The number of methoxy groups -OCH3 is 1. The number of hydrogen-bond acceptors (Lipinski definition) is 6. The molecule has 4 rings (SSSR count). The summed E-state index contributed by atoms with van der Waals surface area (Å²) in [6, 6.07) is 13.3. The number of sulfonamides is 1. The smallest absolute Gasteiger partial charge is 0.243 e. The van der Waals surface area contributed by atoms with Crippen LogP contribution in [-0.2, 0) is 21.2 Å². The number of rotatable bonds is 10. The fourth-order valence-electron chi connectivity index (χ4n) is 4.11. The summed E-state index contributed by atoms with van der Waals surface area (Å²) in [7, 11) is -2.45. The first-order chi connectivity index (χ1) is 17.3. The minimum Gasteiger partial charge on any atom is -0.497 e. The van der Waals surface area contributed by atoms with E-state index in [0.29, 0.717) is 24.5 Å². The molecule has 1 unspecified atom stereocenters. The number of carbonyl (C=O) groups excluding carboxylic acids is 1. The number of halogens is 1. The zero-order valence-corrected chi connectivity index (χ0v) is 21.4. The molecule has 0 saturated carbocycles. The molecule has 3 aromatic rings. The molecule has 1 aliphatic rings. The van der Waals surface area contributed by atoms with E-state index < -0.39 is 16.1 Å². The molecule has 1 aromatic heterocycles. The molecular weight excluding hydrogens is 503 g/mol. The molecule has 190 valence electrons. The average Bonchev–Trinajstić information content (AvgIpc) is 3.37. The Balaban J connectivity index is 1.55. The SMILES string of the molecule is C=CCN(CC(=O)N1CCc2sccc2C1COc1ccc(F)cc1)S(=O)(=O)c1ccc(OC)cc1. The number of benzene rings is 2. The standard InChI is InChI=1S/C26H27FN2O5S2/c1-3-14-28(36(31,32)22-10-8-20(33-2)9-11-22)17-26(30)29-15-12-25-23(13-16-35-25)24(29)18-34-21-6-4-19(27)5-7-21/h3-11,13,16,24H,1,12,14-15,17-18H2,2H3. The third kappa shape index (κ3) is 5.61. The van der Waals surface area contributed by atoms with Crippen molar-refractivity contribution in [3.05, 3.63) is 88.9 Å². The summed E-state index contributed by atoms with van der Waals surface area (Å²) in [4.78, 5) is 16.4. The van der Waals surface area contributed by atoms with Gasteiger partial charge in [0.25, 0.3) is 0 Å². The van der Waals surface area contributed by atoms with Crippen molar-refractivity contribution in [1.82, 2.24) is 9.21 Å². The number of nitrogens with zero attached hydrogens (tertiary/aromatic N) is 2. The van der Waals surface area contributed by atoms with E-state index in [1.165, 1.54) is 54.5 Å². The van der Waals surface area contributed by atoms with Gasteiger partial charge in [0.05, 0.1) is 24.6 Å². The lowest BCUT2D eigenvalue weighted by Crippen LogP contribution is -2.47. The predicted molar refractivity (Wildman–Crippen MR) is 136 cm³/mol. The van der Waals surface area contributed by atoms with Crippen molar-refractivity contribution in [3.8, 4) is 11.5 Å². The van der Waals surface area contributed by atoms with Gasteiger partial charge in [-0.2, -0.15) is 4.31 Å². The molecule has 0 saturated heterocycles. The van der Waals surface area contributed by atoms with Crippen LogP contribution in [0.5, 0.6) is 11.5 Å². The Kier molecular flexibility index (Phi) is 8.07. The van der Waals surface area contributed by atoms with Gasteiger partial charge in [-0.05, 0) is 72.0 Å². The van der Waals surface area contributed by atoms with E-state index in [2.05, 4.69) is 6.58 Å². The third-order valence-electron chi connectivity index (χ3n) is 5.98. The van der Waals surface area contributed by atoms with Crippen LogP contribution >= 0.6 is 11.3 Å². The summed E-state index contributed by atoms with van der Waals surface area (Å²) in [5.41, 5.74) is 0.981. The number of carbonyl (C=O) groups is 1. The lowest BCUT2D eigenvalue weighted by atomic mass is 10.0. The fourth-order valence-corrected chi connectivity index (χ4v) is 6.40. The first-order valence-corrected chi connectivity index (χ1v) is 13.6. The van der Waals surface area contributed by atoms with E-state index in [4.69, 9.17) is 9.47 Å². The molecule has 36 heavy (non-hydrogen) atoms. The van der Waals surface area contributed by atoms with Crippen molar-refractivity contribution >= 4 is 27.3 Å². The normalized spacial score (nSPS) is 15.4. The Labute approximate surface area is 214 Å². The van der Waals surface area contributed by atoms with Crippen LogP contribution in [0.1, 0.15) is 16.5 Å². The summed E-state index contributed by atoms with van der Waals surface area (Å²) in [6.45, 7) is 3.90. The summed E-state index contributed by atoms with van der Waals surface area (Å²) in [6.07, 6.45) is 2.13. The first kappa shape index (κ1) is 25.9. The Bertz CT molecular complexity index is 1310. The minimum atomic E-state index is -3.95. The van der Waals surface area contributed by atoms with Crippen molar-refractivity contribution in [1.29, 1.82) is 0 Å². The van der Waals surface area contributed by atoms with Gasteiger partial charge in [-0.25, -0.2) is 12.8 Å². The van der Waals surface area contributed by atoms with E-state index in [1.54, 1.807) is 28.4 Å². The fraction of sp³-hybridized carbons (Fsp3) is 0.269. The van der Waals surface area contributed by atoms with Crippen molar-refractivity contribution in [2.45, 2.75) is 17.4 Å². The highest BCUT2D eigenvalue weighted by Gasteiger charge is 2.35. The van der Waals surface area contributed by atoms with Crippen LogP contribution in [-0.4, -0.2) is 56.9 Å². The van der Waals surface area contributed by atoms with Crippen LogP contribution < -0.4 is 9.47 Å². The second-order valence-electron chi connectivity index (χ2n) is 8.18. The van der Waals surface area contributed by atoms with Gasteiger partial charge in [0.2, 0.25) is 15.9 Å². The second-order valence-corrected chi connectivity index (χ2v) is 11.1. The Hall–Kier alpha value is -3.21. The molecule has 0 N–H and O–H groups in total. The van der Waals surface area contributed by atoms with E-state index in [-0.39, 0.29) is 36.3 Å². The molecule has 1 aliphatic heterocycles. The van der Waals surface area contributed by atoms with Crippen LogP contribution in [0.2, 0.25) is 0 Å². The largest absolute Gasteiger partial charge is 0.497 e. The molecule has 1 atom stereocenters. The van der Waals surface area contributed by atoms with Crippen LogP contribution in [0.3, 0.4) is 0 Å². The molecule has 0 fully saturated rings. The van der Waals surface area contributed by atoms with E-state index in [9.17, 15) is 17.6 Å². The molecule has 10 heteroatoms. The lowest BCUT2D eigenvalue weighted by molar-refractivity contribution is -0.135. The van der Waals surface area contributed by atoms with Gasteiger partial charge in [-0.15, -0.1) is 17.9 Å². The molecule has 0 radical (unpaired) electrons. The van der Waals surface area contributed by atoms with Gasteiger partial charge >= 0.3 is 0 Å². The average molecular weight is 531 g/mol. The number of hydrogen-bond donors (Lipinski definition) is 0. The monoisotopic (exact) mass is 530 g/mol. The first-order valence-electron chi connectivity index (χ1n) is 11.3. The lowest BCUT2D eigenvalue weighted by Gasteiger charge is -2.36. The maximum Gasteiger partial charge on any atom is 0.243 e. The predicted octanol–water partition coefficient (Wildman–Crippen LogP) is 4.28. The highest BCUT2D eigenvalue weighted by atomic mass is 32.2. The van der Waals surface area contributed by atoms with Gasteiger partial charge in [0, 0.05) is 18.0 Å². The quantitative estimate of drug-likeness (QED) is 0.366. The molecular formula is C26H27FN2O5S2. The molecule has 2 heterocycles. The zero-order valence-electron chi connectivity index (χ0n) is 19.8. The maximum atomic E-state index is 13.5. The van der Waals surface area contributed by atoms with E-state index >= 15 is 0 Å². The molecule has 0 spiro atoms. The van der Waals surface area contributed by atoms with Gasteiger partial charge in [-0.3, -0.25) is 4.79 Å². The summed E-state index contributed by atoms with van der Waals surface area (Å²) in [5.74, 6) is 0.321. The van der Waals surface area contributed by atoms with Crippen molar-refractivity contribution in [2.75, 3.05) is 33.4 Å². The van der Waals surface area contributed by atoms with Crippen molar-refractivity contribution in [3.63, 3.8) is 0 Å². The van der Waals surface area contributed by atoms with Crippen molar-refractivity contribution < 1.29 is 27.1 Å². The minimum absolute atomic E-state index is 0.0195. The number of ether oxygens (including phenoxy) is 2. The molecule has 7 nitrogen and oxygen atoms in total. The summed E-state index contributed by atoms with van der Waals surface area (Å²) in [5, 5.41) is 1.97. The Morgan fingerprint density at radius 3 is 2.53 bits per heavy atom. The summed E-state index contributed by atoms with van der Waals surface area (Å²) < 4.78 is 52.1. The second kappa shape index (κ2) is 11.2. The van der Waals surface area contributed by atoms with Crippen LogP contribution in [0, 0.1) is 5.82 Å². The van der Waals surface area contributed by atoms with E-state index in [1.807, 2.05) is 11.4 Å². The highest BCUT2D eigenvalue weighted by molar-refractivity contribution is 7.89.